The van der Waals surface area contributed by atoms with Crippen molar-refractivity contribution >= 4 is 6.29 Å². The van der Waals surface area contributed by atoms with Crippen LogP contribution in [0.5, 0.6) is 5.75 Å². The second-order valence-corrected chi connectivity index (χ2v) is 4.76. The Morgan fingerprint density at radius 2 is 2.30 bits per heavy atom. The number of aldehydes is 1. The molecule has 2 aromatic rings. The van der Waals surface area contributed by atoms with E-state index in [2.05, 4.69) is 5.10 Å². The number of nitrogens with zero attached hydrogens (tertiary/aromatic N) is 2. The van der Waals surface area contributed by atoms with Gasteiger partial charge in [0.2, 0.25) is 0 Å². The minimum atomic E-state index is 0.200. The third-order valence-electron chi connectivity index (χ3n) is 3.55. The van der Waals surface area contributed by atoms with Gasteiger partial charge in [0, 0.05) is 18.7 Å². The minimum absolute atomic E-state index is 0.200. The molecule has 1 aromatic heterocycles. The van der Waals surface area contributed by atoms with Crippen LogP contribution in [0, 0.1) is 0 Å². The zero-order valence-electron chi connectivity index (χ0n) is 11.3. The summed E-state index contributed by atoms with van der Waals surface area (Å²) in [6, 6.07) is 7.60. The molecule has 0 radical (unpaired) electrons. The van der Waals surface area contributed by atoms with Gasteiger partial charge in [0.15, 0.2) is 6.29 Å². The van der Waals surface area contributed by atoms with E-state index in [9.17, 15) is 4.79 Å². The van der Waals surface area contributed by atoms with Crippen molar-refractivity contribution < 1.29 is 14.3 Å². The van der Waals surface area contributed by atoms with E-state index < -0.39 is 0 Å². The van der Waals surface area contributed by atoms with Gasteiger partial charge in [-0.1, -0.05) is 12.1 Å². The molecule has 5 heteroatoms. The monoisotopic (exact) mass is 272 g/mol. The largest absolute Gasteiger partial charge is 0.494 e. The summed E-state index contributed by atoms with van der Waals surface area (Å²) in [6.45, 7) is 1.36. The first-order valence-electron chi connectivity index (χ1n) is 6.59. The van der Waals surface area contributed by atoms with Crippen molar-refractivity contribution in [2.45, 2.75) is 12.3 Å². The number of carbonyl (C=O) groups is 1. The third-order valence-corrected chi connectivity index (χ3v) is 3.55. The quantitative estimate of drug-likeness (QED) is 0.801. The molecule has 5 nitrogen and oxygen atoms in total. The second-order valence-electron chi connectivity index (χ2n) is 4.76. The number of aromatic nitrogens is 2. The minimum Gasteiger partial charge on any atom is -0.494 e. The van der Waals surface area contributed by atoms with E-state index in [0.29, 0.717) is 12.2 Å². The van der Waals surface area contributed by atoms with E-state index in [-0.39, 0.29) is 5.92 Å². The van der Waals surface area contributed by atoms with Crippen molar-refractivity contribution in [2.75, 3.05) is 20.3 Å². The Labute approximate surface area is 117 Å². The van der Waals surface area contributed by atoms with Crippen LogP contribution in [0.4, 0.5) is 0 Å². The molecule has 1 fully saturated rings. The Kier molecular flexibility index (Phi) is 3.52. The van der Waals surface area contributed by atoms with Gasteiger partial charge in [0.05, 0.1) is 25.0 Å². The highest BCUT2D eigenvalue weighted by Gasteiger charge is 2.24. The summed E-state index contributed by atoms with van der Waals surface area (Å²) in [5, 5.41) is 4.57. The van der Waals surface area contributed by atoms with Gasteiger partial charge in [0.1, 0.15) is 11.4 Å². The molecule has 0 spiro atoms. The number of para-hydroxylation sites is 2. The van der Waals surface area contributed by atoms with E-state index in [1.807, 2.05) is 24.3 Å². The van der Waals surface area contributed by atoms with Crippen LogP contribution in [0.25, 0.3) is 5.69 Å². The van der Waals surface area contributed by atoms with Gasteiger partial charge >= 0.3 is 0 Å². The normalized spacial score (nSPS) is 18.1. The summed E-state index contributed by atoms with van der Waals surface area (Å²) in [5.41, 5.74) is 2.25. The zero-order valence-corrected chi connectivity index (χ0v) is 11.3. The molecular weight excluding hydrogens is 256 g/mol. The first-order valence-corrected chi connectivity index (χ1v) is 6.59. The maximum absolute atomic E-state index is 11.3. The third kappa shape index (κ3) is 2.20. The maximum Gasteiger partial charge on any atom is 0.153 e. The summed E-state index contributed by atoms with van der Waals surface area (Å²) >= 11 is 0. The summed E-state index contributed by atoms with van der Waals surface area (Å²) in [7, 11) is 1.62. The molecule has 0 N–H and O–H groups in total. The number of ether oxygens (including phenoxy) is 2. The highest BCUT2D eigenvalue weighted by Crippen LogP contribution is 2.28. The van der Waals surface area contributed by atoms with Crippen LogP contribution in [0.15, 0.2) is 30.5 Å². The standard InChI is InChI=1S/C15H16N2O3/c1-19-14-5-3-2-4-13(14)17-8-12(9-18)15(16-17)11-6-7-20-10-11/h2-5,8-9,11H,6-7,10H2,1H3. The van der Waals surface area contributed by atoms with Gasteiger partial charge in [-0.2, -0.15) is 5.10 Å². The summed E-state index contributed by atoms with van der Waals surface area (Å²) < 4.78 is 12.4. The van der Waals surface area contributed by atoms with E-state index in [1.54, 1.807) is 18.0 Å². The van der Waals surface area contributed by atoms with E-state index >= 15 is 0 Å². The SMILES string of the molecule is COc1ccccc1-n1cc(C=O)c(C2CCOC2)n1. The highest BCUT2D eigenvalue weighted by molar-refractivity contribution is 5.76. The molecular formula is C15H16N2O3. The number of benzene rings is 1. The molecule has 1 aromatic carbocycles. The molecule has 3 rings (SSSR count). The summed E-state index contributed by atoms with van der Waals surface area (Å²) in [5.74, 6) is 0.924. The number of methoxy groups -OCH3 is 1. The van der Waals surface area contributed by atoms with Crippen LogP contribution in [0.2, 0.25) is 0 Å². The predicted octanol–water partition coefficient (Wildman–Crippen LogP) is 2.20. The van der Waals surface area contributed by atoms with Gasteiger partial charge in [-0.3, -0.25) is 4.79 Å². The summed E-state index contributed by atoms with van der Waals surface area (Å²) in [4.78, 5) is 11.3. The van der Waals surface area contributed by atoms with Crippen molar-refractivity contribution in [3.05, 3.63) is 41.7 Å². The Bertz CT molecular complexity index is 615. The number of carbonyl (C=O) groups excluding carboxylic acids is 1. The van der Waals surface area contributed by atoms with Crippen molar-refractivity contribution in [3.8, 4) is 11.4 Å². The summed E-state index contributed by atoms with van der Waals surface area (Å²) in [6.07, 6.45) is 3.51. The first-order chi connectivity index (χ1) is 9.83. The molecule has 1 atom stereocenters. The van der Waals surface area contributed by atoms with Crippen molar-refractivity contribution in [1.29, 1.82) is 0 Å². The molecule has 0 bridgehead atoms. The Morgan fingerprint density at radius 3 is 3.00 bits per heavy atom. The predicted molar refractivity (Wildman–Crippen MR) is 73.7 cm³/mol. The number of rotatable bonds is 4. The lowest BCUT2D eigenvalue weighted by Crippen LogP contribution is -2.03. The highest BCUT2D eigenvalue weighted by atomic mass is 16.5. The maximum atomic E-state index is 11.3. The number of hydrogen-bond donors (Lipinski definition) is 0. The number of hydrogen-bond acceptors (Lipinski definition) is 4. The van der Waals surface area contributed by atoms with E-state index in [0.717, 1.165) is 36.4 Å². The molecule has 20 heavy (non-hydrogen) atoms. The average Bonchev–Trinajstić information content (AvgIpc) is 3.15. The molecule has 104 valence electrons. The molecule has 1 saturated heterocycles. The molecule has 1 aliphatic heterocycles. The van der Waals surface area contributed by atoms with Crippen LogP contribution in [0.3, 0.4) is 0 Å². The van der Waals surface area contributed by atoms with Crippen molar-refractivity contribution in [2.24, 2.45) is 0 Å². The van der Waals surface area contributed by atoms with Crippen molar-refractivity contribution in [1.82, 2.24) is 9.78 Å². The van der Waals surface area contributed by atoms with Gasteiger partial charge in [-0.15, -0.1) is 0 Å². The van der Waals surface area contributed by atoms with Gasteiger partial charge < -0.3 is 9.47 Å². The lowest BCUT2D eigenvalue weighted by atomic mass is 10.0. The fourth-order valence-electron chi connectivity index (χ4n) is 2.50. The van der Waals surface area contributed by atoms with Crippen LogP contribution in [-0.2, 0) is 4.74 Å². The van der Waals surface area contributed by atoms with Gasteiger partial charge in [0.25, 0.3) is 0 Å². The van der Waals surface area contributed by atoms with Gasteiger partial charge in [-0.05, 0) is 18.6 Å². The van der Waals surface area contributed by atoms with E-state index in [1.165, 1.54) is 0 Å². The van der Waals surface area contributed by atoms with Crippen LogP contribution in [-0.4, -0.2) is 36.4 Å². The van der Waals surface area contributed by atoms with Crippen molar-refractivity contribution in [3.63, 3.8) is 0 Å². The fourth-order valence-corrected chi connectivity index (χ4v) is 2.50. The second kappa shape index (κ2) is 5.46. The topological polar surface area (TPSA) is 53.4 Å². The molecule has 0 aliphatic carbocycles. The average molecular weight is 272 g/mol. The first kappa shape index (κ1) is 12.9. The molecule has 0 amide bonds. The molecule has 1 unspecified atom stereocenters. The molecule has 1 aliphatic rings. The van der Waals surface area contributed by atoms with Crippen LogP contribution in [0.1, 0.15) is 28.4 Å². The zero-order chi connectivity index (χ0) is 13.9. The Balaban J connectivity index is 2.04. The Hall–Kier alpha value is -2.14. The Morgan fingerprint density at radius 1 is 1.45 bits per heavy atom. The smallest absolute Gasteiger partial charge is 0.153 e. The van der Waals surface area contributed by atoms with Crippen LogP contribution < -0.4 is 4.74 Å². The fraction of sp³-hybridized carbons (Fsp3) is 0.333. The van der Waals surface area contributed by atoms with Gasteiger partial charge in [-0.25, -0.2) is 4.68 Å². The van der Waals surface area contributed by atoms with E-state index in [4.69, 9.17) is 9.47 Å². The molecule has 2 heterocycles. The van der Waals surface area contributed by atoms with Crippen LogP contribution >= 0.6 is 0 Å². The molecule has 0 saturated carbocycles. The lowest BCUT2D eigenvalue weighted by molar-refractivity contribution is 0.112. The lowest BCUT2D eigenvalue weighted by Gasteiger charge is -2.08.